The van der Waals surface area contributed by atoms with Crippen LogP contribution in [0.25, 0.3) is 5.76 Å². The second-order valence-electron chi connectivity index (χ2n) is 9.89. The van der Waals surface area contributed by atoms with Gasteiger partial charge in [0, 0.05) is 11.6 Å². The van der Waals surface area contributed by atoms with Gasteiger partial charge in [0.25, 0.3) is 11.7 Å². The molecule has 1 atom stereocenters. The SMILES string of the molecule is Cc1cc(/C(O)=C2/C(=O)C(=O)N(C3CCCCC3)C2c2ccc(O)c(Cl)c2)ccc1OCC(C)C. The number of aliphatic hydroxyl groups excluding tert-OH is 1. The maximum Gasteiger partial charge on any atom is 0.295 e. The van der Waals surface area contributed by atoms with Crippen molar-refractivity contribution in [3.63, 3.8) is 0 Å². The van der Waals surface area contributed by atoms with Crippen molar-refractivity contribution in [3.8, 4) is 11.5 Å². The first-order valence-electron chi connectivity index (χ1n) is 12.2. The number of carbonyl (C=O) groups is 2. The Kier molecular flexibility index (Phi) is 7.41. The molecule has 1 saturated carbocycles. The van der Waals surface area contributed by atoms with E-state index in [9.17, 15) is 19.8 Å². The molecule has 1 unspecified atom stereocenters. The van der Waals surface area contributed by atoms with Crippen LogP contribution in [0.5, 0.6) is 11.5 Å². The Balaban J connectivity index is 1.81. The molecule has 35 heavy (non-hydrogen) atoms. The number of aromatic hydroxyl groups is 1. The normalized spacial score (nSPS) is 20.6. The fourth-order valence-electron chi connectivity index (χ4n) is 4.98. The third kappa shape index (κ3) is 5.03. The van der Waals surface area contributed by atoms with Gasteiger partial charge in [-0.2, -0.15) is 0 Å². The van der Waals surface area contributed by atoms with E-state index in [0.717, 1.165) is 37.7 Å². The van der Waals surface area contributed by atoms with E-state index in [0.29, 0.717) is 29.4 Å². The van der Waals surface area contributed by atoms with Gasteiger partial charge >= 0.3 is 0 Å². The number of hydrogen-bond donors (Lipinski definition) is 2. The summed E-state index contributed by atoms with van der Waals surface area (Å²) in [4.78, 5) is 28.2. The van der Waals surface area contributed by atoms with Crippen molar-refractivity contribution in [1.82, 2.24) is 4.90 Å². The van der Waals surface area contributed by atoms with E-state index in [1.807, 2.05) is 6.92 Å². The van der Waals surface area contributed by atoms with Crippen LogP contribution >= 0.6 is 11.6 Å². The maximum absolute atomic E-state index is 13.3. The topological polar surface area (TPSA) is 87.1 Å². The highest BCUT2D eigenvalue weighted by atomic mass is 35.5. The van der Waals surface area contributed by atoms with Gasteiger partial charge in [0.1, 0.15) is 17.3 Å². The zero-order valence-electron chi connectivity index (χ0n) is 20.4. The molecule has 2 aromatic carbocycles. The summed E-state index contributed by atoms with van der Waals surface area (Å²) >= 11 is 6.20. The average Bonchev–Trinajstić information content (AvgIpc) is 3.10. The molecule has 7 heteroatoms. The van der Waals surface area contributed by atoms with E-state index in [1.54, 1.807) is 35.2 Å². The van der Waals surface area contributed by atoms with E-state index < -0.39 is 17.7 Å². The van der Waals surface area contributed by atoms with E-state index in [1.165, 1.54) is 6.07 Å². The average molecular weight is 498 g/mol. The Morgan fingerprint density at radius 3 is 2.46 bits per heavy atom. The number of halogens is 1. The van der Waals surface area contributed by atoms with Crippen LogP contribution in [0.4, 0.5) is 0 Å². The molecule has 186 valence electrons. The highest BCUT2D eigenvalue weighted by molar-refractivity contribution is 6.46. The van der Waals surface area contributed by atoms with Crippen molar-refractivity contribution >= 4 is 29.1 Å². The van der Waals surface area contributed by atoms with Gasteiger partial charge < -0.3 is 19.8 Å². The Morgan fingerprint density at radius 1 is 1.11 bits per heavy atom. The molecule has 1 heterocycles. The first-order valence-corrected chi connectivity index (χ1v) is 12.6. The van der Waals surface area contributed by atoms with Gasteiger partial charge in [-0.1, -0.05) is 50.8 Å². The van der Waals surface area contributed by atoms with Gasteiger partial charge in [-0.3, -0.25) is 9.59 Å². The fraction of sp³-hybridized carbons (Fsp3) is 0.429. The Bertz CT molecular complexity index is 1170. The standard InChI is InChI=1S/C28H32ClNO5/c1-16(2)15-35-23-12-10-19(13-17(23)3)26(32)24-25(18-9-11-22(31)21(29)14-18)30(28(34)27(24)33)20-7-5-4-6-8-20/h9-14,16,20,25,31-32H,4-8,15H2,1-3H3/b26-24-. The molecule has 1 amide bonds. The van der Waals surface area contributed by atoms with Crippen LogP contribution in [0.1, 0.15) is 68.7 Å². The van der Waals surface area contributed by atoms with Gasteiger partial charge in [-0.15, -0.1) is 0 Å². The predicted molar refractivity (Wildman–Crippen MR) is 136 cm³/mol. The summed E-state index contributed by atoms with van der Waals surface area (Å²) in [6.45, 7) is 6.58. The lowest BCUT2D eigenvalue weighted by Gasteiger charge is -2.35. The van der Waals surface area contributed by atoms with Crippen LogP contribution in [0.3, 0.4) is 0 Å². The number of likely N-dealkylation sites (tertiary alicyclic amines) is 1. The molecule has 0 bridgehead atoms. The number of phenols is 1. The monoisotopic (exact) mass is 497 g/mol. The van der Waals surface area contributed by atoms with E-state index in [2.05, 4.69) is 13.8 Å². The van der Waals surface area contributed by atoms with Crippen molar-refractivity contribution in [2.75, 3.05) is 6.61 Å². The van der Waals surface area contributed by atoms with Crippen LogP contribution in [-0.4, -0.2) is 39.5 Å². The quantitative estimate of drug-likeness (QED) is 0.284. The van der Waals surface area contributed by atoms with Crippen molar-refractivity contribution in [3.05, 3.63) is 63.7 Å². The van der Waals surface area contributed by atoms with Gasteiger partial charge in [0.05, 0.1) is 23.2 Å². The Hall–Kier alpha value is -2.99. The first kappa shape index (κ1) is 25.1. The molecule has 1 saturated heterocycles. The molecule has 0 radical (unpaired) electrons. The van der Waals surface area contributed by atoms with Gasteiger partial charge in [-0.25, -0.2) is 0 Å². The summed E-state index contributed by atoms with van der Waals surface area (Å²) in [6, 6.07) is 9.01. The molecule has 2 aromatic rings. The Labute approximate surface area is 211 Å². The smallest absolute Gasteiger partial charge is 0.295 e. The number of hydrogen-bond acceptors (Lipinski definition) is 5. The van der Waals surface area contributed by atoms with Crippen LogP contribution < -0.4 is 4.74 Å². The Morgan fingerprint density at radius 2 is 1.83 bits per heavy atom. The van der Waals surface area contributed by atoms with Crippen LogP contribution in [0.2, 0.25) is 5.02 Å². The molecule has 0 spiro atoms. The molecular formula is C28H32ClNO5. The first-order chi connectivity index (χ1) is 16.7. The molecule has 6 nitrogen and oxygen atoms in total. The zero-order chi connectivity index (χ0) is 25.3. The molecule has 2 aliphatic rings. The molecule has 1 aliphatic carbocycles. The summed E-state index contributed by atoms with van der Waals surface area (Å²) < 4.78 is 5.84. The van der Waals surface area contributed by atoms with Crippen LogP contribution in [0.15, 0.2) is 42.0 Å². The van der Waals surface area contributed by atoms with E-state index in [-0.39, 0.29) is 28.1 Å². The minimum atomic E-state index is -0.784. The molecule has 4 rings (SSSR count). The molecule has 1 aliphatic heterocycles. The molecule has 2 N–H and O–H groups in total. The van der Waals surface area contributed by atoms with Gasteiger partial charge in [0.2, 0.25) is 0 Å². The lowest BCUT2D eigenvalue weighted by molar-refractivity contribution is -0.141. The lowest BCUT2D eigenvalue weighted by Crippen LogP contribution is -2.40. The summed E-state index contributed by atoms with van der Waals surface area (Å²) in [7, 11) is 0. The predicted octanol–water partition coefficient (Wildman–Crippen LogP) is 6.14. The van der Waals surface area contributed by atoms with E-state index >= 15 is 0 Å². The largest absolute Gasteiger partial charge is 0.507 e. The number of ether oxygens (including phenoxy) is 1. The summed E-state index contributed by atoms with van der Waals surface area (Å²) in [6.07, 6.45) is 4.66. The second kappa shape index (κ2) is 10.3. The summed E-state index contributed by atoms with van der Waals surface area (Å²) in [5.41, 5.74) is 1.88. The van der Waals surface area contributed by atoms with Crippen LogP contribution in [0, 0.1) is 12.8 Å². The number of aliphatic hydroxyl groups is 1. The number of benzene rings is 2. The number of carbonyl (C=O) groups excluding carboxylic acids is 2. The molecule has 0 aromatic heterocycles. The number of nitrogens with zero attached hydrogens (tertiary/aromatic N) is 1. The second-order valence-corrected chi connectivity index (χ2v) is 10.3. The van der Waals surface area contributed by atoms with Crippen molar-refractivity contribution in [2.24, 2.45) is 5.92 Å². The lowest BCUT2D eigenvalue weighted by atomic mass is 9.90. The van der Waals surface area contributed by atoms with Crippen molar-refractivity contribution in [2.45, 2.75) is 65.0 Å². The zero-order valence-corrected chi connectivity index (χ0v) is 21.1. The van der Waals surface area contributed by atoms with E-state index in [4.69, 9.17) is 16.3 Å². The number of amides is 1. The van der Waals surface area contributed by atoms with Gasteiger partial charge in [0.15, 0.2) is 0 Å². The maximum atomic E-state index is 13.3. The van der Waals surface area contributed by atoms with Crippen molar-refractivity contribution in [1.29, 1.82) is 0 Å². The molecular weight excluding hydrogens is 466 g/mol. The number of rotatable bonds is 6. The third-order valence-corrected chi connectivity index (χ3v) is 7.06. The van der Waals surface area contributed by atoms with Crippen molar-refractivity contribution < 1.29 is 24.5 Å². The minimum absolute atomic E-state index is 0.0394. The minimum Gasteiger partial charge on any atom is -0.507 e. The number of aryl methyl sites for hydroxylation is 1. The third-order valence-electron chi connectivity index (χ3n) is 6.76. The number of ketones is 1. The fourth-order valence-corrected chi connectivity index (χ4v) is 5.17. The van der Waals surface area contributed by atoms with Crippen LogP contribution in [-0.2, 0) is 9.59 Å². The number of phenolic OH excluding ortho intramolecular Hbond substituents is 1. The summed E-state index contributed by atoms with van der Waals surface area (Å²) in [5, 5.41) is 21.4. The highest BCUT2D eigenvalue weighted by Gasteiger charge is 2.49. The van der Waals surface area contributed by atoms with Gasteiger partial charge in [-0.05, 0) is 67.1 Å². The highest BCUT2D eigenvalue weighted by Crippen LogP contribution is 2.44. The summed E-state index contributed by atoms with van der Waals surface area (Å²) in [5.74, 6) is -0.552. The molecule has 2 fully saturated rings. The number of Topliss-reactive ketones (excluding diaryl/α,β-unsaturated/α-hetero) is 1.